The van der Waals surface area contributed by atoms with Crippen LogP contribution in [0.4, 0.5) is 29.5 Å². The topological polar surface area (TPSA) is 184 Å². The number of carbonyl (C=O) groups excluding carboxylic acids is 4. The number of rotatable bonds is 14. The summed E-state index contributed by atoms with van der Waals surface area (Å²) in [5.74, 6) is 0.274. The first-order valence-electron chi connectivity index (χ1n) is 25.5. The van der Waals surface area contributed by atoms with Crippen LogP contribution in [0.15, 0.2) is 48.5 Å². The Kier molecular flexibility index (Phi) is 16.3. The van der Waals surface area contributed by atoms with Crippen LogP contribution in [0.5, 0.6) is 5.75 Å². The SMILES string of the molecule is COc1cc2nc(C)nc(N[C@H](C)c3cc(C(=O)O)cc(C(F)(F)F)c3)c2c(C(C)(C)C)c1C1=CCC(C(=O)N2CCC(CCOCC3CCN(C(=O)c4ccc(Cl)c(N5CCC(=O)NC5=O)c4)CC3)CC2)CC1. The number of amides is 5. The van der Waals surface area contributed by atoms with Crippen molar-refractivity contribution in [1.29, 1.82) is 0 Å². The number of anilines is 2. The number of nitrogens with one attached hydrogen (secondary N) is 2. The highest BCUT2D eigenvalue weighted by Crippen LogP contribution is 2.47. The number of carbonyl (C=O) groups is 5. The van der Waals surface area contributed by atoms with Crippen LogP contribution in [0.2, 0.25) is 5.02 Å². The van der Waals surface area contributed by atoms with E-state index >= 15 is 0 Å². The number of hydrogen-bond donors (Lipinski definition) is 3. The average molecular weight is 1040 g/mol. The number of aromatic nitrogens is 2. The van der Waals surface area contributed by atoms with E-state index in [0.29, 0.717) is 121 Å². The van der Waals surface area contributed by atoms with Crippen LogP contribution in [0.3, 0.4) is 0 Å². The molecular weight excluding hydrogens is 979 g/mol. The number of methoxy groups -OCH3 is 1. The maximum atomic E-state index is 14.0. The van der Waals surface area contributed by atoms with Crippen molar-refractivity contribution >= 4 is 69.3 Å². The van der Waals surface area contributed by atoms with Crippen molar-refractivity contribution in [1.82, 2.24) is 25.1 Å². The minimum Gasteiger partial charge on any atom is -0.496 e. The molecule has 4 aliphatic rings. The smallest absolute Gasteiger partial charge is 0.416 e. The van der Waals surface area contributed by atoms with Gasteiger partial charge >= 0.3 is 18.2 Å². The zero-order valence-corrected chi connectivity index (χ0v) is 43.6. The van der Waals surface area contributed by atoms with Crippen molar-refractivity contribution in [2.75, 3.05) is 63.3 Å². The summed E-state index contributed by atoms with van der Waals surface area (Å²) in [5.41, 5.74) is 2.29. The molecule has 4 heterocycles. The zero-order chi connectivity index (χ0) is 53.2. The van der Waals surface area contributed by atoms with Gasteiger partial charge in [0.05, 0.1) is 40.5 Å². The first-order valence-corrected chi connectivity index (χ1v) is 25.8. The Morgan fingerprint density at radius 2 is 1.61 bits per heavy atom. The van der Waals surface area contributed by atoms with Crippen LogP contribution in [0.1, 0.15) is 140 Å². The van der Waals surface area contributed by atoms with Gasteiger partial charge in [-0.05, 0) is 136 Å². The average Bonchev–Trinajstić information content (AvgIpc) is 3.37. The number of fused-ring (bicyclic) bond motifs is 1. The molecule has 396 valence electrons. The molecule has 3 aliphatic heterocycles. The van der Waals surface area contributed by atoms with Crippen molar-refractivity contribution in [3.8, 4) is 5.75 Å². The first-order chi connectivity index (χ1) is 35.1. The summed E-state index contributed by atoms with van der Waals surface area (Å²) in [6.45, 7) is 13.6. The predicted molar refractivity (Wildman–Crippen MR) is 276 cm³/mol. The molecule has 19 heteroatoms. The Bertz CT molecular complexity index is 2850. The monoisotopic (exact) mass is 1040 g/mol. The minimum atomic E-state index is -4.75. The maximum Gasteiger partial charge on any atom is 0.416 e. The highest BCUT2D eigenvalue weighted by molar-refractivity contribution is 6.34. The number of benzene rings is 3. The number of imide groups is 1. The van der Waals surface area contributed by atoms with Crippen LogP contribution >= 0.6 is 11.6 Å². The van der Waals surface area contributed by atoms with E-state index in [9.17, 15) is 42.3 Å². The molecule has 1 aromatic heterocycles. The quantitative estimate of drug-likeness (QED) is 0.102. The van der Waals surface area contributed by atoms with E-state index in [2.05, 4.69) is 37.5 Å². The summed E-state index contributed by atoms with van der Waals surface area (Å²) in [4.78, 5) is 78.2. The molecule has 15 nitrogen and oxygen atoms in total. The largest absolute Gasteiger partial charge is 0.496 e. The van der Waals surface area contributed by atoms with E-state index in [1.54, 1.807) is 39.2 Å². The Labute approximate surface area is 434 Å². The van der Waals surface area contributed by atoms with Crippen LogP contribution in [0.25, 0.3) is 16.5 Å². The fourth-order valence-corrected chi connectivity index (χ4v) is 11.0. The van der Waals surface area contributed by atoms with E-state index in [1.165, 1.54) is 11.0 Å². The number of piperidine rings is 2. The van der Waals surface area contributed by atoms with Crippen molar-refractivity contribution < 1.29 is 51.7 Å². The summed E-state index contributed by atoms with van der Waals surface area (Å²) in [5, 5.41) is 16.3. The third-order valence-corrected chi connectivity index (χ3v) is 15.2. The Balaban J connectivity index is 0.845. The maximum absolute atomic E-state index is 14.0. The fourth-order valence-electron chi connectivity index (χ4n) is 10.8. The fraction of sp³-hybridized carbons (Fsp3) is 0.509. The summed E-state index contributed by atoms with van der Waals surface area (Å²) in [6, 6.07) is 8.23. The summed E-state index contributed by atoms with van der Waals surface area (Å²) >= 11 is 6.40. The van der Waals surface area contributed by atoms with Crippen LogP contribution in [-0.4, -0.2) is 108 Å². The van der Waals surface area contributed by atoms with E-state index < -0.39 is 40.8 Å². The molecule has 4 aromatic rings. The van der Waals surface area contributed by atoms with Crippen LogP contribution < -0.4 is 20.3 Å². The van der Waals surface area contributed by atoms with Crippen molar-refractivity contribution in [2.45, 2.75) is 110 Å². The summed E-state index contributed by atoms with van der Waals surface area (Å²) in [7, 11) is 1.61. The number of hydrogen-bond acceptors (Lipinski definition) is 10. The highest BCUT2D eigenvalue weighted by atomic mass is 35.5. The van der Waals surface area contributed by atoms with Gasteiger partial charge in [0, 0.05) is 80.9 Å². The van der Waals surface area contributed by atoms with Gasteiger partial charge in [0.15, 0.2) is 0 Å². The Hall–Kier alpha value is -6.27. The van der Waals surface area contributed by atoms with Gasteiger partial charge in [-0.25, -0.2) is 19.6 Å². The molecule has 2 atom stereocenters. The highest BCUT2D eigenvalue weighted by Gasteiger charge is 2.36. The van der Waals surface area contributed by atoms with Crippen molar-refractivity contribution in [2.24, 2.45) is 17.8 Å². The number of halogens is 4. The van der Waals surface area contributed by atoms with Gasteiger partial charge in [-0.15, -0.1) is 0 Å². The molecule has 3 aromatic carbocycles. The van der Waals surface area contributed by atoms with Gasteiger partial charge < -0.3 is 29.7 Å². The first kappa shape index (κ1) is 54.0. The number of allylic oxidation sites excluding steroid dienone is 2. The van der Waals surface area contributed by atoms with E-state index in [1.807, 2.05) is 15.9 Å². The van der Waals surface area contributed by atoms with Crippen molar-refractivity contribution in [3.63, 3.8) is 0 Å². The zero-order valence-electron chi connectivity index (χ0n) is 42.8. The summed E-state index contributed by atoms with van der Waals surface area (Å²) < 4.78 is 54.0. The van der Waals surface area contributed by atoms with Gasteiger partial charge in [0.1, 0.15) is 17.4 Å². The standard InChI is InChI=1S/C55H65ClF3N7O8/c1-31(38-25-39(52(70)71)27-40(26-38)55(57,58)59)60-49-47-42(61-32(2)62-49)29-44(73-6)46(48(47)54(3,4)5)35-7-9-36(10-8-35)50(68)64-19-13-33(14-20-64)18-24-74-30-34-15-21-65(22-16-34)51(69)37-11-12-41(56)43(28-37)66-23-17-45(67)63-53(66)72/h7,11-12,25-29,31,33-34,36H,8-10,13-24,30H2,1-6H3,(H,70,71)(H,60,61,62)(H,63,67,72)/t31-,36?/m1/s1. The normalized spacial score (nSPS) is 18.8. The molecule has 0 radical (unpaired) electrons. The van der Waals surface area contributed by atoms with Gasteiger partial charge in [-0.3, -0.25) is 24.6 Å². The molecule has 8 rings (SSSR count). The number of likely N-dealkylation sites (tertiary alicyclic amines) is 2. The van der Waals surface area contributed by atoms with Gasteiger partial charge in [0.2, 0.25) is 11.8 Å². The molecule has 1 unspecified atom stereocenters. The molecule has 0 saturated carbocycles. The number of urea groups is 1. The molecule has 5 amide bonds. The predicted octanol–water partition coefficient (Wildman–Crippen LogP) is 10.6. The van der Waals surface area contributed by atoms with Crippen LogP contribution in [-0.2, 0) is 25.9 Å². The number of carboxylic acid groups (broad SMARTS) is 1. The second kappa shape index (κ2) is 22.3. The molecule has 3 N–H and O–H groups in total. The lowest BCUT2D eigenvalue weighted by Gasteiger charge is -2.36. The molecule has 0 spiro atoms. The van der Waals surface area contributed by atoms with Gasteiger partial charge in [0.25, 0.3) is 5.91 Å². The van der Waals surface area contributed by atoms with E-state index in [-0.39, 0.29) is 42.2 Å². The van der Waals surface area contributed by atoms with Crippen molar-refractivity contribution in [3.05, 3.63) is 92.8 Å². The Morgan fingerprint density at radius 1 is 0.905 bits per heavy atom. The number of nitrogens with zero attached hydrogens (tertiary/aromatic N) is 5. The second-order valence-electron chi connectivity index (χ2n) is 21.1. The molecule has 3 saturated heterocycles. The van der Waals surface area contributed by atoms with Crippen LogP contribution in [0, 0.1) is 24.7 Å². The Morgan fingerprint density at radius 3 is 2.24 bits per heavy atom. The molecule has 74 heavy (non-hydrogen) atoms. The second-order valence-corrected chi connectivity index (χ2v) is 21.5. The van der Waals surface area contributed by atoms with Gasteiger partial charge in [-0.2, -0.15) is 13.2 Å². The third kappa shape index (κ3) is 12.1. The summed E-state index contributed by atoms with van der Waals surface area (Å²) in [6.07, 6.45) is 3.72. The molecule has 3 fully saturated rings. The number of aryl methyl sites for hydroxylation is 1. The number of alkyl halides is 3. The lowest BCUT2D eigenvalue weighted by Crippen LogP contribution is -2.49. The number of aromatic carboxylic acids is 1. The molecule has 0 bridgehead atoms. The van der Waals surface area contributed by atoms with Gasteiger partial charge in [-0.1, -0.05) is 38.4 Å². The number of carboxylic acids is 1. The number of ether oxygens (including phenoxy) is 2. The van der Waals surface area contributed by atoms with E-state index in [4.69, 9.17) is 31.0 Å². The lowest BCUT2D eigenvalue weighted by molar-refractivity contribution is -0.138. The molecule has 1 aliphatic carbocycles. The third-order valence-electron chi connectivity index (χ3n) is 14.9. The van der Waals surface area contributed by atoms with E-state index in [0.717, 1.165) is 54.9 Å². The molecular formula is C55H65ClF3N7O8. The lowest BCUT2D eigenvalue weighted by atomic mass is 9.76. The minimum absolute atomic E-state index is 0.131.